The van der Waals surface area contributed by atoms with Crippen LogP contribution in [0.25, 0.3) is 0 Å². The Bertz CT molecular complexity index is 1750. The number of ketones is 1. The maximum Gasteiger partial charge on any atom is 0.315 e. The first kappa shape index (κ1) is 41.7. The molecule has 1 aromatic rings. The van der Waals surface area contributed by atoms with Gasteiger partial charge in [0.2, 0.25) is 23.5 Å². The lowest BCUT2D eigenvalue weighted by Crippen LogP contribution is -2.62. The number of Topliss-reactive ketones (excluding diaryl/α,β-unsaturated/α-hetero) is 1. The number of imide groups is 1. The summed E-state index contributed by atoms with van der Waals surface area (Å²) in [7, 11) is 0. The Hall–Kier alpha value is -5.03. The number of carbonyl (C=O) groups excluding carboxylic acids is 7. The molecular formula is C41H56N6O7. The molecule has 1 saturated heterocycles. The van der Waals surface area contributed by atoms with Crippen molar-refractivity contribution in [3.05, 3.63) is 64.9 Å². The van der Waals surface area contributed by atoms with Gasteiger partial charge in [0.1, 0.15) is 12.1 Å². The molecule has 4 N–H and O–H groups in total. The van der Waals surface area contributed by atoms with Gasteiger partial charge in [-0.3, -0.25) is 33.7 Å². The van der Waals surface area contributed by atoms with Crippen LogP contribution in [0.4, 0.5) is 4.79 Å². The van der Waals surface area contributed by atoms with Gasteiger partial charge in [-0.15, -0.1) is 12.3 Å². The van der Waals surface area contributed by atoms with E-state index in [1.807, 2.05) is 34.6 Å². The van der Waals surface area contributed by atoms with Crippen molar-refractivity contribution in [2.45, 2.75) is 112 Å². The number of nitrogens with one attached hydrogen (secondary N) is 4. The molecule has 4 rings (SSSR count). The predicted octanol–water partition coefficient (Wildman–Crippen LogP) is 3.59. The first-order valence-electron chi connectivity index (χ1n) is 18.7. The summed E-state index contributed by atoms with van der Waals surface area (Å²) in [6.45, 7) is 18.4. The lowest BCUT2D eigenvalue weighted by molar-refractivity contribution is -0.143. The largest absolute Gasteiger partial charge is 0.346 e. The summed E-state index contributed by atoms with van der Waals surface area (Å²) in [5.74, 6) is -3.26. The number of likely N-dealkylation sites (tertiary alicyclic amines) is 1. The fourth-order valence-electron chi connectivity index (χ4n) is 6.68. The molecule has 13 nitrogen and oxygen atoms in total. The number of benzene rings is 1. The SMILES string of the molecule is C=CCNC(=O)C(=O)C(CC1CC1)NC(=O)[C@@H]1CC(=C=C(C)C)CN1C(=O)[C@@H](NC(=O)N[C@H](CN1C(=O)Cc2ccccc2C1=O)C(C)(C)C)C(C)(C)C. The van der Waals surface area contributed by atoms with Crippen LogP contribution in [0, 0.1) is 16.7 Å². The Balaban J connectivity index is 1.56. The molecule has 1 aliphatic carbocycles. The Morgan fingerprint density at radius 2 is 1.63 bits per heavy atom. The minimum absolute atomic E-state index is 0.0668. The van der Waals surface area contributed by atoms with Crippen LogP contribution >= 0.6 is 0 Å². The topological polar surface area (TPSA) is 174 Å². The second-order valence-electron chi connectivity index (χ2n) is 17.0. The van der Waals surface area contributed by atoms with Crippen molar-refractivity contribution in [1.29, 1.82) is 0 Å². The zero-order chi connectivity index (χ0) is 40.1. The Morgan fingerprint density at radius 1 is 0.963 bits per heavy atom. The predicted molar refractivity (Wildman–Crippen MR) is 204 cm³/mol. The van der Waals surface area contributed by atoms with Crippen LogP contribution in [0.5, 0.6) is 0 Å². The minimum Gasteiger partial charge on any atom is -0.346 e. The van der Waals surface area contributed by atoms with Crippen molar-refractivity contribution in [3.63, 3.8) is 0 Å². The molecule has 0 radical (unpaired) electrons. The molecule has 2 aliphatic heterocycles. The molecule has 2 heterocycles. The molecule has 0 bridgehead atoms. The van der Waals surface area contributed by atoms with Gasteiger partial charge in [-0.05, 0) is 59.8 Å². The summed E-state index contributed by atoms with van der Waals surface area (Å²) < 4.78 is 0. The van der Waals surface area contributed by atoms with E-state index < -0.39 is 70.4 Å². The van der Waals surface area contributed by atoms with Crippen LogP contribution in [0.15, 0.2) is 53.8 Å². The Labute approximate surface area is 318 Å². The first-order valence-corrected chi connectivity index (χ1v) is 18.7. The first-order chi connectivity index (χ1) is 25.2. The van der Waals surface area contributed by atoms with E-state index in [0.29, 0.717) is 23.1 Å². The number of carbonyl (C=O) groups is 7. The number of rotatable bonds is 13. The molecule has 1 unspecified atom stereocenters. The molecule has 2 fully saturated rings. The summed E-state index contributed by atoms with van der Waals surface area (Å²) in [5.41, 5.74) is 4.47. The summed E-state index contributed by atoms with van der Waals surface area (Å²) >= 11 is 0. The molecule has 292 valence electrons. The zero-order valence-corrected chi connectivity index (χ0v) is 32.9. The standard InChI is InChI=1S/C41H56N6O7/c1-10-17-42-36(51)33(49)29(19-25-15-16-25)43-35(50)30-20-26(18-24(2)3)22-46(30)38(53)34(41(7,8)9)45-39(54)44-31(40(4,5)6)23-47-32(48)21-27-13-11-12-14-28(27)37(47)52/h10-14,25,29-31,34H,1,15-17,19-23H2,2-9H3,(H,42,51)(H,43,50)(H2,44,45,54)/t29?,30-,31+,34+/m0/s1. The van der Waals surface area contributed by atoms with Gasteiger partial charge < -0.3 is 26.2 Å². The van der Waals surface area contributed by atoms with E-state index in [1.165, 1.54) is 15.9 Å². The van der Waals surface area contributed by atoms with Crippen molar-refractivity contribution in [1.82, 2.24) is 31.1 Å². The van der Waals surface area contributed by atoms with Gasteiger partial charge in [-0.25, -0.2) is 4.79 Å². The van der Waals surface area contributed by atoms with Gasteiger partial charge in [0, 0.05) is 25.1 Å². The molecule has 0 aromatic heterocycles. The number of fused-ring (bicyclic) bond motifs is 1. The van der Waals surface area contributed by atoms with Crippen molar-refractivity contribution in [2.24, 2.45) is 16.7 Å². The smallest absolute Gasteiger partial charge is 0.315 e. The number of hydrogen-bond acceptors (Lipinski definition) is 7. The van der Waals surface area contributed by atoms with Crippen LogP contribution in [0.1, 0.15) is 97.0 Å². The summed E-state index contributed by atoms with van der Waals surface area (Å²) in [4.78, 5) is 97.2. The Kier molecular flexibility index (Phi) is 13.1. The van der Waals surface area contributed by atoms with Gasteiger partial charge in [-0.2, -0.15) is 0 Å². The average Bonchev–Trinajstić information content (AvgIpc) is 3.81. The highest BCUT2D eigenvalue weighted by Gasteiger charge is 2.45. The normalized spacial score (nSPS) is 18.8. The van der Waals surface area contributed by atoms with Gasteiger partial charge in [0.05, 0.1) is 25.0 Å². The molecule has 0 spiro atoms. The number of urea groups is 1. The zero-order valence-electron chi connectivity index (χ0n) is 32.9. The summed E-state index contributed by atoms with van der Waals surface area (Å²) in [6.07, 6.45) is 3.78. The molecular weight excluding hydrogens is 688 g/mol. The van der Waals surface area contributed by atoms with Crippen LogP contribution in [0.2, 0.25) is 0 Å². The van der Waals surface area contributed by atoms with E-state index in [4.69, 9.17) is 0 Å². The maximum absolute atomic E-state index is 14.5. The second kappa shape index (κ2) is 17.0. The van der Waals surface area contributed by atoms with E-state index >= 15 is 0 Å². The number of nitrogens with zero attached hydrogens (tertiary/aromatic N) is 2. The fraction of sp³-hybridized carbons (Fsp3) is 0.561. The summed E-state index contributed by atoms with van der Waals surface area (Å²) in [5, 5.41) is 11.0. The van der Waals surface area contributed by atoms with Gasteiger partial charge >= 0.3 is 6.03 Å². The van der Waals surface area contributed by atoms with Gasteiger partial charge in [-0.1, -0.05) is 78.7 Å². The average molecular weight is 745 g/mol. The third-order valence-electron chi connectivity index (χ3n) is 9.96. The molecule has 1 aromatic carbocycles. The lowest BCUT2D eigenvalue weighted by atomic mass is 9.85. The van der Waals surface area contributed by atoms with Crippen LogP contribution in [-0.4, -0.2) is 95.0 Å². The van der Waals surface area contributed by atoms with Crippen molar-refractivity contribution >= 4 is 41.4 Å². The maximum atomic E-state index is 14.5. The van der Waals surface area contributed by atoms with Crippen LogP contribution in [-0.2, 0) is 30.4 Å². The van der Waals surface area contributed by atoms with E-state index in [0.717, 1.165) is 18.4 Å². The van der Waals surface area contributed by atoms with Crippen molar-refractivity contribution in [2.75, 3.05) is 19.6 Å². The van der Waals surface area contributed by atoms with Gasteiger partial charge in [0.25, 0.3) is 11.8 Å². The third-order valence-corrected chi connectivity index (χ3v) is 9.96. The van der Waals surface area contributed by atoms with Crippen molar-refractivity contribution < 1.29 is 33.6 Å². The lowest BCUT2D eigenvalue weighted by Gasteiger charge is -2.38. The number of hydrogen-bond donors (Lipinski definition) is 4. The van der Waals surface area contributed by atoms with E-state index in [2.05, 4.69) is 33.6 Å². The molecule has 13 heteroatoms. The third kappa shape index (κ3) is 10.6. The number of amides is 7. The highest BCUT2D eigenvalue weighted by molar-refractivity contribution is 6.38. The Morgan fingerprint density at radius 3 is 2.22 bits per heavy atom. The summed E-state index contributed by atoms with van der Waals surface area (Å²) in [6, 6.07) is 2.38. The molecule has 3 aliphatic rings. The molecule has 1 saturated carbocycles. The van der Waals surface area contributed by atoms with E-state index in [9.17, 15) is 33.6 Å². The van der Waals surface area contributed by atoms with Crippen molar-refractivity contribution in [3.8, 4) is 0 Å². The van der Waals surface area contributed by atoms with E-state index in [1.54, 1.807) is 45.0 Å². The van der Waals surface area contributed by atoms with Crippen LogP contribution in [0.3, 0.4) is 0 Å². The minimum atomic E-state index is -1.11. The van der Waals surface area contributed by atoms with E-state index in [-0.39, 0.29) is 44.3 Å². The molecule has 54 heavy (non-hydrogen) atoms. The second-order valence-corrected chi connectivity index (χ2v) is 17.0. The monoisotopic (exact) mass is 744 g/mol. The quantitative estimate of drug-likeness (QED) is 0.103. The molecule has 7 amide bonds. The fourth-order valence-corrected chi connectivity index (χ4v) is 6.68. The highest BCUT2D eigenvalue weighted by atomic mass is 16.2. The van der Waals surface area contributed by atoms with Gasteiger partial charge in [0.15, 0.2) is 0 Å². The van der Waals surface area contributed by atoms with Crippen LogP contribution < -0.4 is 21.3 Å². The molecule has 4 atom stereocenters. The highest BCUT2D eigenvalue weighted by Crippen LogP contribution is 2.34.